The molecule has 1 aliphatic carbocycles. The third kappa shape index (κ3) is 2.82. The molecule has 2 aliphatic rings. The van der Waals surface area contributed by atoms with E-state index in [9.17, 15) is 4.79 Å². The number of benzene rings is 1. The molecule has 6 nitrogen and oxygen atoms in total. The smallest absolute Gasteiger partial charge is 0.233 e. The highest BCUT2D eigenvalue weighted by atomic mass is 16.5. The Kier molecular flexibility index (Phi) is 4.53. The van der Waals surface area contributed by atoms with Crippen LogP contribution in [-0.2, 0) is 14.9 Å². The van der Waals surface area contributed by atoms with Gasteiger partial charge in [-0.25, -0.2) is 0 Å². The van der Waals surface area contributed by atoms with E-state index >= 15 is 0 Å². The van der Waals surface area contributed by atoms with Gasteiger partial charge in [-0.1, -0.05) is 42.7 Å². The molecule has 1 aromatic heterocycles. The number of rotatable bonds is 4. The number of nitrogens with one attached hydrogen (secondary N) is 1. The van der Waals surface area contributed by atoms with E-state index in [-0.39, 0.29) is 23.3 Å². The molecule has 1 saturated carbocycles. The van der Waals surface area contributed by atoms with E-state index in [0.717, 1.165) is 31.4 Å². The lowest BCUT2D eigenvalue weighted by atomic mass is 9.77. The first-order chi connectivity index (χ1) is 12.6. The van der Waals surface area contributed by atoms with Gasteiger partial charge in [-0.3, -0.25) is 4.79 Å². The van der Waals surface area contributed by atoms with E-state index in [1.165, 1.54) is 11.1 Å². The van der Waals surface area contributed by atoms with Crippen LogP contribution in [-0.4, -0.2) is 52.5 Å². The number of aromatic nitrogens is 3. The Hall–Kier alpha value is -2.21. The molecule has 2 aromatic rings. The largest absolute Gasteiger partial charge is 0.379 e. The van der Waals surface area contributed by atoms with Crippen LogP contribution in [0.15, 0.2) is 30.5 Å². The van der Waals surface area contributed by atoms with Gasteiger partial charge in [-0.2, -0.15) is 15.4 Å². The van der Waals surface area contributed by atoms with E-state index in [1.54, 1.807) is 13.3 Å². The second kappa shape index (κ2) is 6.83. The van der Waals surface area contributed by atoms with Crippen molar-refractivity contribution in [2.45, 2.75) is 50.0 Å². The third-order valence-corrected chi connectivity index (χ3v) is 6.11. The number of nitrogens with zero attached hydrogens (tertiary/aromatic N) is 3. The molecule has 6 heteroatoms. The van der Waals surface area contributed by atoms with Crippen LogP contribution in [0.25, 0.3) is 0 Å². The summed E-state index contributed by atoms with van der Waals surface area (Å²) in [6.45, 7) is 3.34. The SMILES string of the molecule is CO[C@@H]1CN(C(=O)C2(c3cccc(C)c3)CCCC2)C[C@H]1c1cn[nH]n1. The van der Waals surface area contributed by atoms with Gasteiger partial charge in [-0.05, 0) is 25.3 Å². The van der Waals surface area contributed by atoms with Crippen molar-refractivity contribution in [1.82, 2.24) is 20.3 Å². The summed E-state index contributed by atoms with van der Waals surface area (Å²) < 4.78 is 5.67. The van der Waals surface area contributed by atoms with Gasteiger partial charge in [0.2, 0.25) is 5.91 Å². The molecule has 0 unspecified atom stereocenters. The lowest BCUT2D eigenvalue weighted by Gasteiger charge is -2.33. The first kappa shape index (κ1) is 17.2. The number of aromatic amines is 1. The Balaban J connectivity index is 1.63. The fourth-order valence-electron chi connectivity index (χ4n) is 4.70. The van der Waals surface area contributed by atoms with Crippen molar-refractivity contribution in [2.75, 3.05) is 20.2 Å². The Morgan fingerprint density at radius 3 is 2.77 bits per heavy atom. The summed E-state index contributed by atoms with van der Waals surface area (Å²) in [5.74, 6) is 0.312. The van der Waals surface area contributed by atoms with Gasteiger partial charge < -0.3 is 9.64 Å². The summed E-state index contributed by atoms with van der Waals surface area (Å²) in [7, 11) is 1.71. The first-order valence-corrected chi connectivity index (χ1v) is 9.39. The summed E-state index contributed by atoms with van der Waals surface area (Å²) in [4.78, 5) is 15.7. The van der Waals surface area contributed by atoms with Crippen molar-refractivity contribution >= 4 is 5.91 Å². The van der Waals surface area contributed by atoms with Crippen LogP contribution in [0.5, 0.6) is 0 Å². The van der Waals surface area contributed by atoms with Crippen molar-refractivity contribution in [3.05, 3.63) is 47.3 Å². The number of likely N-dealkylation sites (tertiary alicyclic amines) is 1. The van der Waals surface area contributed by atoms with Crippen LogP contribution in [0.4, 0.5) is 0 Å². The Labute approximate surface area is 153 Å². The van der Waals surface area contributed by atoms with Gasteiger partial charge in [-0.15, -0.1) is 0 Å². The Bertz CT molecular complexity index is 768. The van der Waals surface area contributed by atoms with Crippen LogP contribution >= 0.6 is 0 Å². The molecular weight excluding hydrogens is 328 g/mol. The minimum atomic E-state index is -0.386. The van der Waals surface area contributed by atoms with E-state index in [0.29, 0.717) is 13.1 Å². The number of amides is 1. The van der Waals surface area contributed by atoms with Gasteiger partial charge in [0, 0.05) is 20.2 Å². The van der Waals surface area contributed by atoms with Crippen LogP contribution in [0, 0.1) is 6.92 Å². The molecule has 2 heterocycles. The number of methoxy groups -OCH3 is 1. The minimum Gasteiger partial charge on any atom is -0.379 e. The molecule has 2 atom stereocenters. The van der Waals surface area contributed by atoms with Gasteiger partial charge >= 0.3 is 0 Å². The molecular formula is C20H26N4O2. The maximum Gasteiger partial charge on any atom is 0.233 e. The molecule has 0 radical (unpaired) electrons. The number of aryl methyl sites for hydroxylation is 1. The van der Waals surface area contributed by atoms with Crippen molar-refractivity contribution in [3.63, 3.8) is 0 Å². The maximum absolute atomic E-state index is 13.7. The normalized spacial score (nSPS) is 24.9. The fourth-order valence-corrected chi connectivity index (χ4v) is 4.70. The molecule has 0 bridgehead atoms. The summed E-state index contributed by atoms with van der Waals surface area (Å²) >= 11 is 0. The Morgan fingerprint density at radius 1 is 1.31 bits per heavy atom. The second-order valence-electron chi connectivity index (χ2n) is 7.64. The lowest BCUT2D eigenvalue weighted by molar-refractivity contribution is -0.136. The number of carbonyl (C=O) groups excluding carboxylic acids is 1. The quantitative estimate of drug-likeness (QED) is 0.916. The number of hydrogen-bond donors (Lipinski definition) is 1. The van der Waals surface area contributed by atoms with Crippen LogP contribution in [0.1, 0.15) is 48.4 Å². The average Bonchev–Trinajstić information content (AvgIpc) is 3.41. The van der Waals surface area contributed by atoms with E-state index < -0.39 is 0 Å². The topological polar surface area (TPSA) is 71.1 Å². The van der Waals surface area contributed by atoms with Crippen LogP contribution in [0.3, 0.4) is 0 Å². The fraction of sp³-hybridized carbons (Fsp3) is 0.550. The highest BCUT2D eigenvalue weighted by Gasteiger charge is 2.48. The van der Waals surface area contributed by atoms with Gasteiger partial charge in [0.25, 0.3) is 0 Å². The van der Waals surface area contributed by atoms with Gasteiger partial charge in [0.15, 0.2) is 0 Å². The first-order valence-electron chi connectivity index (χ1n) is 9.39. The number of hydrogen-bond acceptors (Lipinski definition) is 4. The van der Waals surface area contributed by atoms with E-state index in [4.69, 9.17) is 4.74 Å². The van der Waals surface area contributed by atoms with Crippen LogP contribution < -0.4 is 0 Å². The molecule has 1 N–H and O–H groups in total. The average molecular weight is 354 g/mol. The van der Waals surface area contributed by atoms with Crippen molar-refractivity contribution in [1.29, 1.82) is 0 Å². The van der Waals surface area contributed by atoms with Gasteiger partial charge in [0.1, 0.15) is 0 Å². The van der Waals surface area contributed by atoms with Crippen LogP contribution in [0.2, 0.25) is 0 Å². The zero-order chi connectivity index (χ0) is 18.1. The van der Waals surface area contributed by atoms with Crippen molar-refractivity contribution < 1.29 is 9.53 Å². The standard InChI is InChI=1S/C20H26N4O2/c1-14-6-5-7-15(10-14)20(8-3-4-9-20)19(25)24-12-16(18(13-24)26-2)17-11-21-23-22-17/h5-7,10-11,16,18H,3-4,8-9,12-13H2,1-2H3,(H,21,22,23)/t16-,18+/m0/s1. The summed E-state index contributed by atoms with van der Waals surface area (Å²) in [5.41, 5.74) is 2.85. The molecule has 1 saturated heterocycles. The van der Waals surface area contributed by atoms with E-state index in [1.807, 2.05) is 4.90 Å². The molecule has 26 heavy (non-hydrogen) atoms. The summed E-state index contributed by atoms with van der Waals surface area (Å²) in [6, 6.07) is 8.46. The van der Waals surface area contributed by atoms with Gasteiger partial charge in [0.05, 0.1) is 29.3 Å². The zero-order valence-corrected chi connectivity index (χ0v) is 15.4. The molecule has 0 spiro atoms. The highest BCUT2D eigenvalue weighted by Crippen LogP contribution is 2.44. The third-order valence-electron chi connectivity index (χ3n) is 6.11. The summed E-state index contributed by atoms with van der Waals surface area (Å²) in [6.07, 6.45) is 5.76. The molecule has 4 rings (SSSR count). The monoisotopic (exact) mass is 354 g/mol. The summed E-state index contributed by atoms with van der Waals surface area (Å²) in [5, 5.41) is 10.8. The molecule has 1 amide bonds. The van der Waals surface area contributed by atoms with Crippen molar-refractivity contribution in [3.8, 4) is 0 Å². The van der Waals surface area contributed by atoms with E-state index in [2.05, 4.69) is 46.6 Å². The number of ether oxygens (including phenoxy) is 1. The Morgan fingerprint density at radius 2 is 2.12 bits per heavy atom. The molecule has 138 valence electrons. The van der Waals surface area contributed by atoms with Crippen molar-refractivity contribution in [2.24, 2.45) is 0 Å². The lowest BCUT2D eigenvalue weighted by Crippen LogP contribution is -2.45. The molecule has 1 aliphatic heterocycles. The maximum atomic E-state index is 13.7. The second-order valence-corrected chi connectivity index (χ2v) is 7.64. The predicted molar refractivity (Wildman–Crippen MR) is 97.8 cm³/mol. The number of carbonyl (C=O) groups is 1. The number of H-pyrrole nitrogens is 1. The predicted octanol–water partition coefficient (Wildman–Crippen LogP) is 2.57. The highest BCUT2D eigenvalue weighted by molar-refractivity contribution is 5.89. The molecule has 1 aromatic carbocycles. The molecule has 2 fully saturated rings. The minimum absolute atomic E-state index is 0.0417. The zero-order valence-electron chi connectivity index (χ0n) is 15.4.